The molecule has 0 saturated carbocycles. The van der Waals surface area contributed by atoms with E-state index in [9.17, 15) is 18.0 Å². The van der Waals surface area contributed by atoms with Crippen molar-refractivity contribution in [3.8, 4) is 5.75 Å². The Bertz CT molecular complexity index is 1380. The molecule has 0 fully saturated rings. The number of nitrogens with zero attached hydrogens (tertiary/aromatic N) is 2. The van der Waals surface area contributed by atoms with Crippen LogP contribution in [0, 0.1) is 6.92 Å². The molecule has 3 aromatic carbocycles. The maximum Gasteiger partial charge on any atom is 0.264 e. The highest BCUT2D eigenvalue weighted by Gasteiger charge is 2.34. The Hall–Kier alpha value is -3.85. The SMILES string of the molecule is CC[C@@H](C)NC(=O)[C@@H](CC)N(Cc1cccc(C)c1)C(=O)CN(c1ccccc1)S(=O)(=O)c1ccc(OC)cc1. The third-order valence-electron chi connectivity index (χ3n) is 6.79. The van der Waals surface area contributed by atoms with Gasteiger partial charge < -0.3 is 15.0 Å². The highest BCUT2D eigenvalue weighted by Crippen LogP contribution is 2.26. The number of amides is 2. The summed E-state index contributed by atoms with van der Waals surface area (Å²) in [7, 11) is -2.63. The average Bonchev–Trinajstić information content (AvgIpc) is 2.96. The molecule has 1 N–H and O–H groups in total. The van der Waals surface area contributed by atoms with Crippen LogP contribution in [-0.4, -0.2) is 50.9 Å². The van der Waals surface area contributed by atoms with E-state index in [-0.39, 0.29) is 23.4 Å². The summed E-state index contributed by atoms with van der Waals surface area (Å²) < 4.78 is 34.0. The van der Waals surface area contributed by atoms with Crippen molar-refractivity contribution in [3.63, 3.8) is 0 Å². The number of hydrogen-bond acceptors (Lipinski definition) is 5. The Morgan fingerprint density at radius 3 is 2.17 bits per heavy atom. The molecule has 214 valence electrons. The zero-order chi connectivity index (χ0) is 29.3. The molecule has 8 nitrogen and oxygen atoms in total. The Morgan fingerprint density at radius 1 is 0.925 bits per heavy atom. The smallest absolute Gasteiger partial charge is 0.264 e. The fourth-order valence-electron chi connectivity index (χ4n) is 4.37. The fourth-order valence-corrected chi connectivity index (χ4v) is 5.78. The van der Waals surface area contributed by atoms with Gasteiger partial charge in [0.2, 0.25) is 11.8 Å². The van der Waals surface area contributed by atoms with Gasteiger partial charge in [-0.2, -0.15) is 0 Å². The third-order valence-corrected chi connectivity index (χ3v) is 8.58. The van der Waals surface area contributed by atoms with Crippen LogP contribution in [0.2, 0.25) is 0 Å². The second-order valence-electron chi connectivity index (χ2n) is 9.78. The van der Waals surface area contributed by atoms with Crippen molar-refractivity contribution in [2.75, 3.05) is 18.0 Å². The van der Waals surface area contributed by atoms with E-state index < -0.39 is 28.5 Å². The molecule has 2 amide bonds. The van der Waals surface area contributed by atoms with Gasteiger partial charge in [0, 0.05) is 12.6 Å². The van der Waals surface area contributed by atoms with E-state index in [1.807, 2.05) is 52.0 Å². The minimum Gasteiger partial charge on any atom is -0.497 e. The molecule has 3 aromatic rings. The van der Waals surface area contributed by atoms with Crippen LogP contribution in [0.25, 0.3) is 0 Å². The quantitative estimate of drug-likeness (QED) is 0.317. The summed E-state index contributed by atoms with van der Waals surface area (Å²) in [5, 5.41) is 2.99. The summed E-state index contributed by atoms with van der Waals surface area (Å²) in [6.07, 6.45) is 1.12. The molecule has 0 unspecified atom stereocenters. The topological polar surface area (TPSA) is 96.0 Å². The average molecular weight is 566 g/mol. The number of sulfonamides is 1. The normalized spacial score (nSPS) is 12.7. The lowest BCUT2D eigenvalue weighted by Gasteiger charge is -2.33. The highest BCUT2D eigenvalue weighted by atomic mass is 32.2. The van der Waals surface area contributed by atoms with E-state index in [0.717, 1.165) is 21.9 Å². The summed E-state index contributed by atoms with van der Waals surface area (Å²) in [5.74, 6) is -0.223. The van der Waals surface area contributed by atoms with Crippen molar-refractivity contribution in [3.05, 3.63) is 90.0 Å². The highest BCUT2D eigenvalue weighted by molar-refractivity contribution is 7.92. The van der Waals surface area contributed by atoms with Crippen LogP contribution in [-0.2, 0) is 26.2 Å². The molecule has 0 aliphatic carbocycles. The number of hydrogen-bond donors (Lipinski definition) is 1. The lowest BCUT2D eigenvalue weighted by molar-refractivity contribution is -0.140. The molecular formula is C31H39N3O5S. The number of carbonyl (C=O) groups excluding carboxylic acids is 2. The van der Waals surface area contributed by atoms with Crippen LogP contribution in [0.3, 0.4) is 0 Å². The molecule has 0 saturated heterocycles. The van der Waals surface area contributed by atoms with Crippen LogP contribution < -0.4 is 14.4 Å². The monoisotopic (exact) mass is 565 g/mol. The summed E-state index contributed by atoms with van der Waals surface area (Å²) in [4.78, 5) is 28.9. The standard InChI is InChI=1S/C31H39N3O5S/c1-6-24(4)32-31(36)29(7-2)33(21-25-13-11-12-23(3)20-25)30(35)22-34(26-14-9-8-10-15-26)40(37,38)28-18-16-27(39-5)17-19-28/h8-20,24,29H,6-7,21-22H2,1-5H3,(H,32,36)/t24-,29-/m1/s1. The number of para-hydroxylation sites is 1. The first kappa shape index (κ1) is 30.7. The number of ether oxygens (including phenoxy) is 1. The van der Waals surface area contributed by atoms with E-state index in [2.05, 4.69) is 5.32 Å². The number of methoxy groups -OCH3 is 1. The van der Waals surface area contributed by atoms with Crippen molar-refractivity contribution in [2.24, 2.45) is 0 Å². The predicted molar refractivity (Wildman–Crippen MR) is 158 cm³/mol. The summed E-state index contributed by atoms with van der Waals surface area (Å²) in [6.45, 7) is 7.39. The molecular weight excluding hydrogens is 526 g/mol. The van der Waals surface area contributed by atoms with Gasteiger partial charge in [0.15, 0.2) is 0 Å². The molecule has 3 rings (SSSR count). The van der Waals surface area contributed by atoms with E-state index in [1.165, 1.54) is 24.1 Å². The van der Waals surface area contributed by atoms with Gasteiger partial charge in [-0.15, -0.1) is 0 Å². The van der Waals surface area contributed by atoms with Crippen molar-refractivity contribution >= 4 is 27.5 Å². The Labute approximate surface area is 238 Å². The number of rotatable bonds is 13. The first-order valence-electron chi connectivity index (χ1n) is 13.5. The Kier molecular flexibility index (Phi) is 10.7. The summed E-state index contributed by atoms with van der Waals surface area (Å²) in [5.41, 5.74) is 2.22. The van der Waals surface area contributed by atoms with E-state index in [0.29, 0.717) is 17.9 Å². The van der Waals surface area contributed by atoms with Crippen LogP contribution in [0.5, 0.6) is 5.75 Å². The number of anilines is 1. The molecule has 9 heteroatoms. The summed E-state index contributed by atoms with van der Waals surface area (Å²) in [6, 6.07) is 21.4. The van der Waals surface area contributed by atoms with Crippen LogP contribution >= 0.6 is 0 Å². The first-order chi connectivity index (χ1) is 19.1. The molecule has 0 radical (unpaired) electrons. The lowest BCUT2D eigenvalue weighted by Crippen LogP contribution is -2.53. The van der Waals surface area contributed by atoms with Gasteiger partial charge >= 0.3 is 0 Å². The maximum absolute atomic E-state index is 14.1. The van der Waals surface area contributed by atoms with Crippen LogP contribution in [0.4, 0.5) is 5.69 Å². The molecule has 0 spiro atoms. The maximum atomic E-state index is 14.1. The second kappa shape index (κ2) is 14.0. The number of carbonyl (C=O) groups is 2. The lowest BCUT2D eigenvalue weighted by atomic mass is 10.1. The zero-order valence-corrected chi connectivity index (χ0v) is 24.6. The van der Waals surface area contributed by atoms with E-state index >= 15 is 0 Å². The minimum absolute atomic E-state index is 0.0248. The van der Waals surface area contributed by atoms with Gasteiger partial charge in [0.1, 0.15) is 18.3 Å². The molecule has 40 heavy (non-hydrogen) atoms. The zero-order valence-electron chi connectivity index (χ0n) is 23.8. The second-order valence-corrected chi connectivity index (χ2v) is 11.6. The molecule has 0 heterocycles. The molecule has 2 atom stereocenters. The molecule has 0 aliphatic rings. The van der Waals surface area contributed by atoms with Crippen molar-refractivity contribution in [2.45, 2.75) is 64.1 Å². The van der Waals surface area contributed by atoms with Gasteiger partial charge in [-0.05, 0) is 68.7 Å². The van der Waals surface area contributed by atoms with Crippen molar-refractivity contribution in [1.82, 2.24) is 10.2 Å². The largest absolute Gasteiger partial charge is 0.497 e. The van der Waals surface area contributed by atoms with Gasteiger partial charge in [-0.25, -0.2) is 8.42 Å². The first-order valence-corrected chi connectivity index (χ1v) is 14.9. The van der Waals surface area contributed by atoms with Crippen molar-refractivity contribution < 1.29 is 22.7 Å². The predicted octanol–water partition coefficient (Wildman–Crippen LogP) is 4.92. The molecule has 0 aliphatic heterocycles. The molecule has 0 bridgehead atoms. The number of aryl methyl sites for hydroxylation is 1. The van der Waals surface area contributed by atoms with Gasteiger partial charge in [-0.3, -0.25) is 13.9 Å². The molecule has 0 aromatic heterocycles. The van der Waals surface area contributed by atoms with Gasteiger partial charge in [-0.1, -0.05) is 61.9 Å². The Morgan fingerprint density at radius 2 is 1.60 bits per heavy atom. The van der Waals surface area contributed by atoms with Crippen LogP contribution in [0.15, 0.2) is 83.8 Å². The van der Waals surface area contributed by atoms with E-state index in [4.69, 9.17) is 4.74 Å². The van der Waals surface area contributed by atoms with Crippen molar-refractivity contribution in [1.29, 1.82) is 0 Å². The Balaban J connectivity index is 2.03. The minimum atomic E-state index is -4.13. The van der Waals surface area contributed by atoms with Gasteiger partial charge in [0.25, 0.3) is 10.0 Å². The van der Waals surface area contributed by atoms with E-state index in [1.54, 1.807) is 42.5 Å². The number of benzene rings is 3. The van der Waals surface area contributed by atoms with Crippen LogP contribution in [0.1, 0.15) is 44.7 Å². The third kappa shape index (κ3) is 7.63. The van der Waals surface area contributed by atoms with Gasteiger partial charge in [0.05, 0.1) is 17.7 Å². The number of nitrogens with one attached hydrogen (secondary N) is 1. The summed E-state index contributed by atoms with van der Waals surface area (Å²) >= 11 is 0. The fraction of sp³-hybridized carbons (Fsp3) is 0.355.